The van der Waals surface area contributed by atoms with Gasteiger partial charge in [0, 0.05) is 17.2 Å². The number of ketones is 1. The van der Waals surface area contributed by atoms with Crippen LogP contribution in [0.25, 0.3) is 11.1 Å². The van der Waals surface area contributed by atoms with E-state index in [0.717, 1.165) is 17.5 Å². The first kappa shape index (κ1) is 24.0. The molecule has 0 saturated heterocycles. The quantitative estimate of drug-likeness (QED) is 0.345. The Bertz CT molecular complexity index is 1200. The lowest BCUT2D eigenvalue weighted by Gasteiger charge is -2.15. The molecule has 1 aliphatic carbocycles. The molecule has 3 aromatic rings. The summed E-state index contributed by atoms with van der Waals surface area (Å²) >= 11 is 0. The van der Waals surface area contributed by atoms with Crippen LogP contribution in [0.2, 0.25) is 0 Å². The van der Waals surface area contributed by atoms with Gasteiger partial charge in [-0.3, -0.25) is 9.59 Å². The molecule has 3 aromatic carbocycles. The number of amides is 2. The third kappa shape index (κ3) is 5.69. The third-order valence-electron chi connectivity index (χ3n) is 6.25. The maximum atomic E-state index is 12.8. The third-order valence-corrected chi connectivity index (χ3v) is 6.25. The van der Waals surface area contributed by atoms with Gasteiger partial charge in [-0.25, -0.2) is 4.79 Å². The number of ether oxygens (including phenoxy) is 1. The van der Waals surface area contributed by atoms with E-state index in [1.807, 2.05) is 43.3 Å². The summed E-state index contributed by atoms with van der Waals surface area (Å²) in [6.45, 7) is 2.38. The van der Waals surface area contributed by atoms with E-state index in [2.05, 4.69) is 10.6 Å². The molecule has 7 heteroatoms. The molecule has 1 aliphatic rings. The van der Waals surface area contributed by atoms with Crippen molar-refractivity contribution in [2.24, 2.45) is 11.8 Å². The second kappa shape index (κ2) is 10.9. The van der Waals surface area contributed by atoms with Gasteiger partial charge >= 0.3 is 12.0 Å². The Kier molecular flexibility index (Phi) is 7.45. The normalized spacial score (nSPS) is 16.9. The number of para-hydroxylation sites is 2. The number of urea groups is 1. The van der Waals surface area contributed by atoms with E-state index in [9.17, 15) is 19.5 Å². The second-order valence-electron chi connectivity index (χ2n) is 8.51. The van der Waals surface area contributed by atoms with Gasteiger partial charge in [-0.1, -0.05) is 55.0 Å². The molecule has 0 radical (unpaired) electrons. The first-order valence-electron chi connectivity index (χ1n) is 11.7. The number of benzene rings is 3. The van der Waals surface area contributed by atoms with Crippen LogP contribution in [0.1, 0.15) is 36.5 Å². The largest absolute Gasteiger partial charge is 0.492 e. The molecule has 2 atom stereocenters. The zero-order valence-corrected chi connectivity index (χ0v) is 19.5. The summed E-state index contributed by atoms with van der Waals surface area (Å²) in [5.74, 6) is -1.42. The molecular weight excluding hydrogens is 444 g/mol. The fourth-order valence-electron chi connectivity index (χ4n) is 4.49. The van der Waals surface area contributed by atoms with Crippen LogP contribution in [0.3, 0.4) is 0 Å². The first-order valence-corrected chi connectivity index (χ1v) is 11.7. The van der Waals surface area contributed by atoms with Crippen LogP contribution in [-0.4, -0.2) is 29.5 Å². The maximum absolute atomic E-state index is 12.8. The number of nitrogens with one attached hydrogen (secondary N) is 2. The first-order chi connectivity index (χ1) is 17.0. The molecule has 0 unspecified atom stereocenters. The molecule has 1 saturated carbocycles. The summed E-state index contributed by atoms with van der Waals surface area (Å²) in [5, 5.41) is 15.0. The number of carbonyl (C=O) groups excluding carboxylic acids is 2. The van der Waals surface area contributed by atoms with Crippen molar-refractivity contribution in [3.63, 3.8) is 0 Å². The van der Waals surface area contributed by atoms with Gasteiger partial charge in [-0.15, -0.1) is 0 Å². The molecule has 0 aliphatic heterocycles. The van der Waals surface area contributed by atoms with Gasteiger partial charge in [0.25, 0.3) is 0 Å². The van der Waals surface area contributed by atoms with E-state index >= 15 is 0 Å². The fraction of sp³-hybridized carbons (Fsp3) is 0.250. The SMILES string of the molecule is CCOc1ccccc1NC(=O)Nc1ccc(-c2ccc(C(=O)[C@@H]3CCC[C@H]3C(=O)O)cc2)cc1. The molecule has 7 nitrogen and oxygen atoms in total. The van der Waals surface area contributed by atoms with Gasteiger partial charge < -0.3 is 20.5 Å². The highest BCUT2D eigenvalue weighted by Gasteiger charge is 2.37. The fourth-order valence-corrected chi connectivity index (χ4v) is 4.49. The molecule has 2 amide bonds. The molecular formula is C28H28N2O5. The number of Topliss-reactive ketones (excluding diaryl/α,β-unsaturated/α-hetero) is 1. The molecule has 35 heavy (non-hydrogen) atoms. The van der Waals surface area contributed by atoms with Crippen molar-refractivity contribution in [1.82, 2.24) is 0 Å². The maximum Gasteiger partial charge on any atom is 0.323 e. The van der Waals surface area contributed by atoms with E-state index in [1.54, 1.807) is 36.4 Å². The molecule has 1 fully saturated rings. The Labute approximate surface area is 204 Å². The van der Waals surface area contributed by atoms with E-state index in [4.69, 9.17) is 4.74 Å². The van der Waals surface area contributed by atoms with Gasteiger partial charge in [-0.05, 0) is 55.2 Å². The second-order valence-corrected chi connectivity index (χ2v) is 8.51. The zero-order valence-electron chi connectivity index (χ0n) is 19.5. The molecule has 0 aromatic heterocycles. The van der Waals surface area contributed by atoms with E-state index < -0.39 is 17.8 Å². The van der Waals surface area contributed by atoms with Crippen molar-refractivity contribution in [1.29, 1.82) is 0 Å². The Morgan fingerprint density at radius 3 is 2.14 bits per heavy atom. The van der Waals surface area contributed by atoms with Gasteiger partial charge in [0.15, 0.2) is 5.78 Å². The van der Waals surface area contributed by atoms with E-state index in [0.29, 0.717) is 42.1 Å². The van der Waals surface area contributed by atoms with E-state index in [1.165, 1.54) is 0 Å². The zero-order chi connectivity index (χ0) is 24.8. The lowest BCUT2D eigenvalue weighted by molar-refractivity contribution is -0.142. The van der Waals surface area contributed by atoms with Gasteiger partial charge in [0.2, 0.25) is 0 Å². The lowest BCUT2D eigenvalue weighted by Crippen LogP contribution is -2.25. The van der Waals surface area contributed by atoms with Crippen molar-refractivity contribution in [3.05, 3.63) is 78.4 Å². The average molecular weight is 473 g/mol. The summed E-state index contributed by atoms with van der Waals surface area (Å²) in [6.07, 6.45) is 1.95. The molecule has 180 valence electrons. The summed E-state index contributed by atoms with van der Waals surface area (Å²) in [5.41, 5.74) is 3.61. The highest BCUT2D eigenvalue weighted by atomic mass is 16.5. The minimum absolute atomic E-state index is 0.0991. The minimum Gasteiger partial charge on any atom is -0.492 e. The number of aliphatic carboxylic acids is 1. The monoisotopic (exact) mass is 472 g/mol. The van der Waals surface area contributed by atoms with Crippen molar-refractivity contribution < 1.29 is 24.2 Å². The van der Waals surface area contributed by atoms with Crippen molar-refractivity contribution in [3.8, 4) is 16.9 Å². The predicted octanol–water partition coefficient (Wildman–Crippen LogP) is 6.08. The Morgan fingerprint density at radius 1 is 0.857 bits per heavy atom. The Balaban J connectivity index is 1.38. The molecule has 0 heterocycles. The van der Waals surface area contributed by atoms with E-state index in [-0.39, 0.29) is 11.8 Å². The number of anilines is 2. The van der Waals surface area contributed by atoms with Crippen molar-refractivity contribution >= 4 is 29.2 Å². The number of rotatable bonds is 8. The minimum atomic E-state index is -0.890. The van der Waals surface area contributed by atoms with Gasteiger partial charge in [0.05, 0.1) is 18.2 Å². The lowest BCUT2D eigenvalue weighted by atomic mass is 9.88. The number of carboxylic acids is 1. The van der Waals surface area contributed by atoms with Crippen LogP contribution in [0, 0.1) is 11.8 Å². The number of hydrogen-bond acceptors (Lipinski definition) is 4. The van der Waals surface area contributed by atoms with Gasteiger partial charge in [0.1, 0.15) is 5.75 Å². The number of carbonyl (C=O) groups is 3. The topological polar surface area (TPSA) is 105 Å². The summed E-state index contributed by atoms with van der Waals surface area (Å²) < 4.78 is 5.53. The highest BCUT2D eigenvalue weighted by Crippen LogP contribution is 2.35. The van der Waals surface area contributed by atoms with Crippen LogP contribution in [0.15, 0.2) is 72.8 Å². The van der Waals surface area contributed by atoms with Crippen molar-refractivity contribution in [2.45, 2.75) is 26.2 Å². The summed E-state index contributed by atoms with van der Waals surface area (Å²) in [7, 11) is 0. The van der Waals surface area contributed by atoms with Crippen LogP contribution in [0.5, 0.6) is 5.75 Å². The molecule has 0 bridgehead atoms. The number of carboxylic acid groups (broad SMARTS) is 1. The smallest absolute Gasteiger partial charge is 0.323 e. The Morgan fingerprint density at radius 2 is 1.49 bits per heavy atom. The standard InChI is InChI=1S/C28H28N2O5/c1-2-35-25-9-4-3-8-24(25)30-28(34)29-21-16-14-19(15-17-21)18-10-12-20(13-11-18)26(31)22-6-5-7-23(22)27(32)33/h3-4,8-17,22-23H,2,5-7H2,1H3,(H,32,33)(H2,29,30,34)/t22-,23-/m1/s1. The highest BCUT2D eigenvalue weighted by molar-refractivity contribution is 6.01. The van der Waals surface area contributed by atoms with Gasteiger partial charge in [-0.2, -0.15) is 0 Å². The van der Waals surface area contributed by atoms with Crippen molar-refractivity contribution in [2.75, 3.05) is 17.2 Å². The molecule has 0 spiro atoms. The molecule has 4 rings (SSSR count). The van der Waals surface area contributed by atoms with Crippen LogP contribution in [-0.2, 0) is 4.79 Å². The van der Waals surface area contributed by atoms with Crippen LogP contribution in [0.4, 0.5) is 16.2 Å². The Hall–Kier alpha value is -4.13. The predicted molar refractivity (Wildman–Crippen MR) is 135 cm³/mol. The van der Waals surface area contributed by atoms with Crippen LogP contribution < -0.4 is 15.4 Å². The average Bonchev–Trinajstić information content (AvgIpc) is 3.36. The molecule has 3 N–H and O–H groups in total. The van der Waals surface area contributed by atoms with Crippen LogP contribution >= 0.6 is 0 Å². The summed E-state index contributed by atoms with van der Waals surface area (Å²) in [4.78, 5) is 36.7. The number of hydrogen-bond donors (Lipinski definition) is 3. The summed E-state index contributed by atoms with van der Waals surface area (Å²) in [6, 6.07) is 21.5.